The molecule has 0 N–H and O–H groups in total. The molecule has 0 unspecified atom stereocenters. The molecule has 0 aromatic heterocycles. The van der Waals surface area contributed by atoms with E-state index >= 15 is 0 Å². The van der Waals surface area contributed by atoms with Crippen LogP contribution >= 0.6 is 0 Å². The van der Waals surface area contributed by atoms with Gasteiger partial charge in [-0.15, -0.1) is 0 Å². The minimum atomic E-state index is 0. The quantitative estimate of drug-likeness (QED) is 0.447. The molecule has 0 saturated carbocycles. The summed E-state index contributed by atoms with van der Waals surface area (Å²) in [6.45, 7) is 0. The SMILES string of the molecule is [Al].[Ni].[Ti].[Ti]. The summed E-state index contributed by atoms with van der Waals surface area (Å²) in [6.07, 6.45) is 0. The van der Waals surface area contributed by atoms with Crippen molar-refractivity contribution in [3.05, 3.63) is 0 Å². The third kappa shape index (κ3) is 8.82. The van der Waals surface area contributed by atoms with E-state index in [1.807, 2.05) is 0 Å². The van der Waals surface area contributed by atoms with Gasteiger partial charge in [0, 0.05) is 77.3 Å². The van der Waals surface area contributed by atoms with Gasteiger partial charge in [0.25, 0.3) is 0 Å². The summed E-state index contributed by atoms with van der Waals surface area (Å²) in [6, 6.07) is 0. The maximum Gasteiger partial charge on any atom is 0 e. The van der Waals surface area contributed by atoms with Crippen LogP contribution in [0.4, 0.5) is 0 Å². The Hall–Kier alpha value is 2.45. The minimum Gasteiger partial charge on any atom is 0 e. The molecule has 0 aliphatic heterocycles. The molecule has 0 aromatic rings. The summed E-state index contributed by atoms with van der Waals surface area (Å²) >= 11 is 0. The van der Waals surface area contributed by atoms with Gasteiger partial charge in [0.2, 0.25) is 0 Å². The molecule has 0 nitrogen and oxygen atoms in total. The first kappa shape index (κ1) is 31.9. The Morgan fingerprint density at radius 1 is 0.750 bits per heavy atom. The second-order valence-corrected chi connectivity index (χ2v) is 0. The van der Waals surface area contributed by atoms with Crippen LogP contribution in [0, 0.1) is 0 Å². The number of rotatable bonds is 0. The van der Waals surface area contributed by atoms with Crippen molar-refractivity contribution in [1.29, 1.82) is 0 Å². The van der Waals surface area contributed by atoms with E-state index < -0.39 is 0 Å². The molecule has 0 rings (SSSR count). The normalized spacial score (nSPS) is 0. The monoisotopic (exact) mass is 181 g/mol. The molecule has 0 aromatic carbocycles. The Labute approximate surface area is 76.3 Å². The maximum atomic E-state index is 0. The van der Waals surface area contributed by atoms with E-state index in [2.05, 4.69) is 0 Å². The number of hydrogen-bond acceptors (Lipinski definition) is 0. The molecular formula is AlNiTi2. The average Bonchev–Trinajstić information content (AvgIpc) is 0. The molecule has 4 heavy (non-hydrogen) atoms. The molecular weight excluding hydrogens is 181 g/mol. The zero-order valence-electron chi connectivity index (χ0n) is 1.89. The van der Waals surface area contributed by atoms with Crippen LogP contribution < -0.4 is 0 Å². The zero-order chi connectivity index (χ0) is 0. The van der Waals surface area contributed by atoms with Gasteiger partial charge in [-0.1, -0.05) is 0 Å². The molecule has 21 valence electrons. The van der Waals surface area contributed by atoms with Crippen molar-refractivity contribution in [2.75, 3.05) is 0 Å². The molecule has 0 aliphatic rings. The standard InChI is InChI=1S/Al.Ni.2Ti. The van der Waals surface area contributed by atoms with Gasteiger partial charge in [0.05, 0.1) is 0 Å². The predicted molar refractivity (Wildman–Crippen MR) is 5.75 cm³/mol. The van der Waals surface area contributed by atoms with Crippen molar-refractivity contribution in [3.8, 4) is 0 Å². The van der Waals surface area contributed by atoms with E-state index in [9.17, 15) is 0 Å². The summed E-state index contributed by atoms with van der Waals surface area (Å²) < 4.78 is 0. The van der Waals surface area contributed by atoms with Gasteiger partial charge in [0.15, 0.2) is 0 Å². The Kier molecular flexibility index (Phi) is 143. The fourth-order valence-electron chi connectivity index (χ4n) is 0. The third-order valence-corrected chi connectivity index (χ3v) is 0. The fourth-order valence-corrected chi connectivity index (χ4v) is 0. The van der Waals surface area contributed by atoms with Crippen LogP contribution in [0.3, 0.4) is 0 Å². The van der Waals surface area contributed by atoms with Crippen LogP contribution in [0.2, 0.25) is 0 Å². The molecule has 0 aliphatic carbocycles. The van der Waals surface area contributed by atoms with E-state index in [1.165, 1.54) is 0 Å². The first-order valence-electron chi connectivity index (χ1n) is 0. The van der Waals surface area contributed by atoms with Crippen molar-refractivity contribution in [2.24, 2.45) is 0 Å². The maximum absolute atomic E-state index is 0. The number of hydrogen-bond donors (Lipinski definition) is 0. The molecule has 0 heterocycles. The summed E-state index contributed by atoms with van der Waals surface area (Å²) in [7, 11) is 0. The Morgan fingerprint density at radius 3 is 0.750 bits per heavy atom. The Morgan fingerprint density at radius 2 is 0.750 bits per heavy atom. The van der Waals surface area contributed by atoms with E-state index in [4.69, 9.17) is 0 Å². The molecule has 0 bridgehead atoms. The third-order valence-electron chi connectivity index (χ3n) is 0. The van der Waals surface area contributed by atoms with Gasteiger partial charge in [0.1, 0.15) is 0 Å². The summed E-state index contributed by atoms with van der Waals surface area (Å²) in [4.78, 5) is 0. The molecule has 0 fully saturated rings. The van der Waals surface area contributed by atoms with Crippen molar-refractivity contribution in [3.63, 3.8) is 0 Å². The molecule has 0 atom stereocenters. The Bertz CT molecular complexity index is 6.00. The van der Waals surface area contributed by atoms with Gasteiger partial charge >= 0.3 is 0 Å². The van der Waals surface area contributed by atoms with Crippen molar-refractivity contribution in [2.45, 2.75) is 0 Å². The average molecular weight is 181 g/mol. The fraction of sp³-hybridized carbons (Fsp3) is 0. The first-order valence-corrected chi connectivity index (χ1v) is 0. The van der Waals surface area contributed by atoms with Gasteiger partial charge in [-0.25, -0.2) is 0 Å². The van der Waals surface area contributed by atoms with E-state index in [-0.39, 0.29) is 77.3 Å². The second-order valence-electron chi connectivity index (χ2n) is 0. The zero-order valence-corrected chi connectivity index (χ0v) is 7.16. The molecule has 0 saturated heterocycles. The van der Waals surface area contributed by atoms with E-state index in [0.717, 1.165) is 0 Å². The van der Waals surface area contributed by atoms with E-state index in [0.29, 0.717) is 0 Å². The van der Waals surface area contributed by atoms with Gasteiger partial charge in [-0.05, 0) is 0 Å². The van der Waals surface area contributed by atoms with Crippen molar-refractivity contribution in [1.82, 2.24) is 0 Å². The summed E-state index contributed by atoms with van der Waals surface area (Å²) in [5, 5.41) is 0. The van der Waals surface area contributed by atoms with Gasteiger partial charge < -0.3 is 0 Å². The Balaban J connectivity index is 0. The summed E-state index contributed by atoms with van der Waals surface area (Å²) in [5.74, 6) is 0. The van der Waals surface area contributed by atoms with Crippen LogP contribution in [-0.4, -0.2) is 17.4 Å². The smallest absolute Gasteiger partial charge is 0 e. The molecule has 3 radical (unpaired) electrons. The molecule has 0 amide bonds. The van der Waals surface area contributed by atoms with Gasteiger partial charge in [-0.2, -0.15) is 0 Å². The van der Waals surface area contributed by atoms with Crippen LogP contribution in [0.25, 0.3) is 0 Å². The topological polar surface area (TPSA) is 0 Å². The predicted octanol–water partition coefficient (Wildman–Crippen LogP) is -0.388. The van der Waals surface area contributed by atoms with Crippen LogP contribution in [-0.2, 0) is 59.9 Å². The first-order chi connectivity index (χ1) is 0. The van der Waals surface area contributed by atoms with Crippen molar-refractivity contribution < 1.29 is 59.9 Å². The summed E-state index contributed by atoms with van der Waals surface area (Å²) in [5.41, 5.74) is 0. The van der Waals surface area contributed by atoms with Crippen LogP contribution in [0.1, 0.15) is 0 Å². The van der Waals surface area contributed by atoms with Crippen molar-refractivity contribution >= 4 is 17.4 Å². The molecule has 0 spiro atoms. The van der Waals surface area contributed by atoms with Crippen LogP contribution in [0.5, 0.6) is 0 Å². The molecule has 4 heteroatoms. The van der Waals surface area contributed by atoms with Gasteiger partial charge in [-0.3, -0.25) is 0 Å². The van der Waals surface area contributed by atoms with E-state index in [1.54, 1.807) is 0 Å². The second kappa shape index (κ2) is 18.0. The largest absolute Gasteiger partial charge is 0 e. The van der Waals surface area contributed by atoms with Crippen LogP contribution in [0.15, 0.2) is 0 Å². The minimum absolute atomic E-state index is 0.